The summed E-state index contributed by atoms with van der Waals surface area (Å²) in [5.41, 5.74) is 4.42. The average Bonchev–Trinajstić information content (AvgIpc) is 1.65. The normalized spacial score (nSPS) is 22.5. The van der Waals surface area contributed by atoms with Gasteiger partial charge in [-0.15, -0.1) is 5.10 Å². The zero-order valence-corrected chi connectivity index (χ0v) is 58.0. The van der Waals surface area contributed by atoms with Crippen LogP contribution in [-0.4, -0.2) is 194 Å². The Morgan fingerprint density at radius 1 is 0.596 bits per heavy atom. The van der Waals surface area contributed by atoms with E-state index in [4.69, 9.17) is 14.2 Å². The predicted molar refractivity (Wildman–Crippen MR) is 374 cm³/mol. The smallest absolute Gasteiger partial charge is 0.247 e. The first-order valence-corrected chi connectivity index (χ1v) is 35.9. The van der Waals surface area contributed by atoms with Gasteiger partial charge in [0.05, 0.1) is 63.5 Å². The number of benzene rings is 3. The zero-order chi connectivity index (χ0) is 69.9. The van der Waals surface area contributed by atoms with Gasteiger partial charge in [-0.3, -0.25) is 43.0 Å². The summed E-state index contributed by atoms with van der Waals surface area (Å²) >= 11 is 0. The van der Waals surface area contributed by atoms with Crippen LogP contribution in [0, 0.1) is 11.8 Å². The van der Waals surface area contributed by atoms with Gasteiger partial charge in [0.1, 0.15) is 30.2 Å². The second kappa shape index (κ2) is 39.0. The second-order valence-corrected chi connectivity index (χ2v) is 26.4. The van der Waals surface area contributed by atoms with E-state index in [2.05, 4.69) is 82.4 Å². The molecule has 25 nitrogen and oxygen atoms in total. The first kappa shape index (κ1) is 75.0. The van der Waals surface area contributed by atoms with E-state index >= 15 is 0 Å². The fourth-order valence-corrected chi connectivity index (χ4v) is 14.5. The molecule has 4 aliphatic heterocycles. The number of hydrogen-bond acceptors (Lipinski definition) is 16. The Kier molecular flexibility index (Phi) is 29.5. The third kappa shape index (κ3) is 21.2. The molecule has 12 unspecified atom stereocenters. The first-order valence-electron chi connectivity index (χ1n) is 35.9. The molecule has 0 radical (unpaired) electrons. The van der Waals surface area contributed by atoms with Gasteiger partial charge in [0.2, 0.25) is 47.3 Å². The number of carbonyl (C=O) groups is 8. The van der Waals surface area contributed by atoms with Crippen molar-refractivity contribution in [3.63, 3.8) is 0 Å². The van der Waals surface area contributed by atoms with Crippen molar-refractivity contribution < 1.29 is 52.6 Å². The largest absolute Gasteiger partial charge is 0.377 e. The Morgan fingerprint density at radius 3 is 1.71 bits per heavy atom. The second-order valence-electron chi connectivity index (χ2n) is 26.4. The summed E-state index contributed by atoms with van der Waals surface area (Å²) in [6.45, 7) is 7.49. The van der Waals surface area contributed by atoms with E-state index < -0.39 is 54.1 Å². The van der Waals surface area contributed by atoms with Crippen LogP contribution < -0.4 is 47.9 Å². The van der Waals surface area contributed by atoms with Crippen LogP contribution in [-0.2, 0) is 72.1 Å². The molecule has 3 aromatic carbocycles. The minimum Gasteiger partial charge on any atom is -0.377 e. The van der Waals surface area contributed by atoms with Crippen LogP contribution in [0.4, 0.5) is 0 Å². The van der Waals surface area contributed by atoms with Gasteiger partial charge in [0.25, 0.3) is 0 Å². The fourth-order valence-electron chi connectivity index (χ4n) is 14.5. The highest BCUT2D eigenvalue weighted by molar-refractivity contribution is 5.97. The lowest BCUT2D eigenvalue weighted by Gasteiger charge is -2.34. The number of aromatic nitrogens is 3. The van der Waals surface area contributed by atoms with Crippen molar-refractivity contribution in [2.45, 2.75) is 184 Å². The number of carbonyl (C=O) groups excluding carboxylic acids is 8. The molecule has 1 aromatic heterocycles. The van der Waals surface area contributed by atoms with E-state index in [-0.39, 0.29) is 105 Å². The van der Waals surface area contributed by atoms with Crippen molar-refractivity contribution in [3.05, 3.63) is 143 Å². The molecular formula is C74H104N14O11. The van der Waals surface area contributed by atoms with Gasteiger partial charge >= 0.3 is 0 Å². The number of fused-ring (bicyclic) bond motifs is 2. The first-order chi connectivity index (χ1) is 48.3. The predicted octanol–water partition coefficient (Wildman–Crippen LogP) is 4.17. The Balaban J connectivity index is 0.662. The number of rotatable bonds is 38. The number of allylic oxidation sites excluding steroid dienone is 3. The third-order valence-electron chi connectivity index (χ3n) is 19.9. The maximum atomic E-state index is 14.9. The molecule has 5 heterocycles. The summed E-state index contributed by atoms with van der Waals surface area (Å²) in [4.78, 5) is 116. The third-order valence-corrected chi connectivity index (χ3v) is 19.9. The van der Waals surface area contributed by atoms with E-state index in [1.54, 1.807) is 59.0 Å². The average molecular weight is 1370 g/mol. The molecule has 4 saturated heterocycles. The van der Waals surface area contributed by atoms with E-state index in [0.29, 0.717) is 128 Å². The van der Waals surface area contributed by atoms with E-state index in [1.807, 2.05) is 74.5 Å². The number of likely N-dealkylation sites (N-methyl/N-ethyl adjacent to an activating group) is 2. The molecule has 5 aliphatic rings. The molecule has 12 atom stereocenters. The molecular weight excluding hydrogens is 1260 g/mol. The molecule has 1 aliphatic carbocycles. The van der Waals surface area contributed by atoms with Crippen LogP contribution in [0.1, 0.15) is 138 Å². The van der Waals surface area contributed by atoms with Crippen molar-refractivity contribution in [1.29, 1.82) is 0 Å². The highest BCUT2D eigenvalue weighted by atomic mass is 16.5. The Labute approximate surface area is 582 Å². The Hall–Kier alpha value is -8.20. The van der Waals surface area contributed by atoms with Crippen molar-refractivity contribution in [3.8, 4) is 0 Å². The van der Waals surface area contributed by atoms with Crippen LogP contribution in [0.25, 0.3) is 0 Å². The summed E-state index contributed by atoms with van der Waals surface area (Å²) < 4.78 is 18.8. The highest BCUT2D eigenvalue weighted by Gasteiger charge is 2.50. The van der Waals surface area contributed by atoms with Gasteiger partial charge in [0, 0.05) is 63.2 Å². The van der Waals surface area contributed by atoms with E-state index in [9.17, 15) is 38.4 Å². The minimum absolute atomic E-state index is 0.150. The van der Waals surface area contributed by atoms with Gasteiger partial charge < -0.3 is 71.9 Å². The quantitative estimate of drug-likeness (QED) is 0.0285. The molecule has 9 N–H and O–H groups in total. The van der Waals surface area contributed by atoms with Gasteiger partial charge in [0.15, 0.2) is 0 Å². The number of nitrogens with one attached hydrogen (secondary N) is 9. The molecule has 99 heavy (non-hydrogen) atoms. The van der Waals surface area contributed by atoms with Crippen molar-refractivity contribution in [1.82, 2.24) is 72.6 Å². The summed E-state index contributed by atoms with van der Waals surface area (Å²) in [7, 11) is 3.44. The summed E-state index contributed by atoms with van der Waals surface area (Å²) in [5.74, 6) is -2.84. The summed E-state index contributed by atoms with van der Waals surface area (Å²) in [5, 5.41) is 36.6. The number of nitrogens with zero attached hydrogens (tertiary/aromatic N) is 5. The maximum Gasteiger partial charge on any atom is 0.247 e. The summed E-state index contributed by atoms with van der Waals surface area (Å²) in [6.07, 6.45) is 16.8. The van der Waals surface area contributed by atoms with Crippen molar-refractivity contribution in [2.75, 3.05) is 73.4 Å². The molecule has 8 amide bonds. The minimum atomic E-state index is -1.04. The van der Waals surface area contributed by atoms with Crippen LogP contribution in [0.5, 0.6) is 0 Å². The molecule has 4 fully saturated rings. The Morgan fingerprint density at radius 2 is 1.13 bits per heavy atom. The molecule has 0 bridgehead atoms. The lowest BCUT2D eigenvalue weighted by molar-refractivity contribution is -0.144. The molecule has 0 saturated carbocycles. The molecule has 25 heteroatoms. The van der Waals surface area contributed by atoms with Crippen LogP contribution in [0.15, 0.2) is 121 Å². The highest BCUT2D eigenvalue weighted by Crippen LogP contribution is 2.38. The van der Waals surface area contributed by atoms with Crippen LogP contribution >= 0.6 is 0 Å². The maximum absolute atomic E-state index is 14.9. The van der Waals surface area contributed by atoms with Crippen LogP contribution in [0.3, 0.4) is 0 Å². The van der Waals surface area contributed by atoms with E-state index in [1.165, 1.54) is 0 Å². The van der Waals surface area contributed by atoms with Gasteiger partial charge in [-0.25, -0.2) is 0 Å². The number of aryl methyl sites for hydroxylation is 1. The SMILES string of the molecule is CCC(NC)C(=O)NC1C(=O)N2C(CCC1CCNCc1ccccc1)CCC2C(=O)NC(C(=O)NCCOCCOCCOCCNC(=O)CCc1cn(CC2CCC3CCC(C(=O)NC(C4=CC=CCC4)c4ccccc4)N3C(=O)C2NC(=O)C(CC)NC)nn1)c1ccccc1. The van der Waals surface area contributed by atoms with Gasteiger partial charge in [-0.05, 0) is 132 Å². The van der Waals surface area contributed by atoms with Crippen molar-refractivity contribution >= 4 is 47.3 Å². The van der Waals surface area contributed by atoms with Gasteiger partial charge in [-0.2, -0.15) is 0 Å². The number of ether oxygens (including phenoxy) is 3. The fraction of sp³-hybridized carbons (Fsp3) is 0.568. The summed E-state index contributed by atoms with van der Waals surface area (Å²) in [6, 6.07) is 23.0. The lowest BCUT2D eigenvalue weighted by atomic mass is 9.90. The van der Waals surface area contributed by atoms with Crippen molar-refractivity contribution in [2.24, 2.45) is 11.8 Å². The molecule has 4 aromatic rings. The lowest BCUT2D eigenvalue weighted by Crippen LogP contribution is -2.58. The topological polar surface area (TPSA) is 310 Å². The number of hydrogen-bond donors (Lipinski definition) is 9. The van der Waals surface area contributed by atoms with Crippen LogP contribution in [0.2, 0.25) is 0 Å². The molecule has 536 valence electrons. The number of amides is 8. The van der Waals surface area contributed by atoms with E-state index in [0.717, 1.165) is 29.5 Å². The Bertz CT molecular complexity index is 3310. The molecule has 0 spiro atoms. The standard InChI is InChI=1S/C74H104N14O11/c1-5-59(75-3)68(90)82-66-54(37-38-77-47-50-19-11-7-12-20-50)27-30-57-32-35-62(87(57)73(66)95)71(93)81-65(53-25-17-10-18-26-53)72(94)79-40-42-98-44-46-99-45-43-97-41-39-78-63(89)36-29-56-49-86(85-84-56)48-55-28-31-58-33-34-61(88(58)74(96)67(55)83-69(91)60(6-2)76-4)70(92)80-64(51-21-13-8-14-22-51)52-23-15-9-16-24-52/h7-15,17-23,25-26,49,54-55,57-62,64-67,75-77H,5-6,16,24,27-48H2,1-4H3,(H,78,89)(H,79,94)(H,80,92)(H,81,93)(H,82,90)(H,83,91). The monoisotopic (exact) mass is 1360 g/mol. The molecule has 9 rings (SSSR count). The zero-order valence-electron chi connectivity index (χ0n) is 58.0. The van der Waals surface area contributed by atoms with Gasteiger partial charge in [-0.1, -0.05) is 128 Å².